The third kappa shape index (κ3) is 3.26. The monoisotopic (exact) mass is 291 g/mol. The van der Waals surface area contributed by atoms with Crippen LogP contribution in [0, 0.1) is 5.92 Å². The highest BCUT2D eigenvalue weighted by Gasteiger charge is 2.23. The van der Waals surface area contributed by atoms with Gasteiger partial charge in [0.2, 0.25) is 0 Å². The average molecular weight is 291 g/mol. The van der Waals surface area contributed by atoms with Crippen LogP contribution >= 0.6 is 11.3 Å². The first-order valence-corrected chi connectivity index (χ1v) is 7.84. The normalized spacial score (nSPS) is 20.1. The average Bonchev–Trinajstić information content (AvgIpc) is 2.99. The minimum atomic E-state index is 0.625. The van der Waals surface area contributed by atoms with Crippen LogP contribution in [-0.2, 0) is 19.6 Å². The van der Waals surface area contributed by atoms with Gasteiger partial charge in [0.15, 0.2) is 0 Å². The van der Waals surface area contributed by atoms with E-state index in [1.807, 2.05) is 17.8 Å². The molecule has 0 radical (unpaired) electrons. The highest BCUT2D eigenvalue weighted by atomic mass is 32.1. The van der Waals surface area contributed by atoms with Crippen molar-refractivity contribution < 1.29 is 0 Å². The predicted octanol–water partition coefficient (Wildman–Crippen LogP) is 1.53. The van der Waals surface area contributed by atoms with Crippen molar-refractivity contribution in [2.24, 2.45) is 5.92 Å². The maximum Gasteiger partial charge on any atom is 0.122 e. The molecule has 20 heavy (non-hydrogen) atoms. The van der Waals surface area contributed by atoms with E-state index in [-0.39, 0.29) is 0 Å². The number of hydrogen-bond acceptors (Lipinski definition) is 5. The Kier molecular flexibility index (Phi) is 4.14. The standard InChI is InChI=1S/C14H21N5S/c1-17(2)7-12-8-18(11-14-16-4-6-20-14)10-13-15-3-5-19(13)9-12/h3-6,12H,7-11H2,1-2H3/t12-/m1/s1. The van der Waals surface area contributed by atoms with Crippen LogP contribution in [0.25, 0.3) is 0 Å². The molecule has 0 bridgehead atoms. The van der Waals surface area contributed by atoms with E-state index in [2.05, 4.69) is 44.6 Å². The second-order valence-electron chi connectivity index (χ2n) is 5.72. The molecule has 0 saturated carbocycles. The molecular formula is C14H21N5S. The summed E-state index contributed by atoms with van der Waals surface area (Å²) in [6.07, 6.45) is 5.90. The van der Waals surface area contributed by atoms with Crippen molar-refractivity contribution in [3.05, 3.63) is 34.8 Å². The Labute approximate surface area is 123 Å². The topological polar surface area (TPSA) is 37.2 Å². The summed E-state index contributed by atoms with van der Waals surface area (Å²) < 4.78 is 2.30. The largest absolute Gasteiger partial charge is 0.333 e. The van der Waals surface area contributed by atoms with Crippen LogP contribution < -0.4 is 0 Å². The van der Waals surface area contributed by atoms with E-state index < -0.39 is 0 Å². The third-order valence-electron chi connectivity index (χ3n) is 3.60. The van der Waals surface area contributed by atoms with E-state index in [9.17, 15) is 0 Å². The molecular weight excluding hydrogens is 270 g/mol. The molecule has 1 aliphatic heterocycles. The van der Waals surface area contributed by atoms with Crippen molar-refractivity contribution in [2.75, 3.05) is 27.2 Å². The summed E-state index contributed by atoms with van der Waals surface area (Å²) in [6, 6.07) is 0. The van der Waals surface area contributed by atoms with Gasteiger partial charge in [0.1, 0.15) is 10.8 Å². The summed E-state index contributed by atoms with van der Waals surface area (Å²) in [5.74, 6) is 1.79. The minimum absolute atomic E-state index is 0.625. The molecule has 108 valence electrons. The van der Waals surface area contributed by atoms with Crippen molar-refractivity contribution in [3.8, 4) is 0 Å². The minimum Gasteiger partial charge on any atom is -0.333 e. The second-order valence-corrected chi connectivity index (χ2v) is 6.70. The van der Waals surface area contributed by atoms with E-state index >= 15 is 0 Å². The third-order valence-corrected chi connectivity index (χ3v) is 4.37. The molecule has 1 atom stereocenters. The molecule has 0 saturated heterocycles. The van der Waals surface area contributed by atoms with Gasteiger partial charge in [0.25, 0.3) is 0 Å². The molecule has 6 heteroatoms. The molecule has 2 aromatic rings. The number of thiazole rings is 1. The number of rotatable bonds is 4. The van der Waals surface area contributed by atoms with Gasteiger partial charge in [0.05, 0.1) is 13.1 Å². The summed E-state index contributed by atoms with van der Waals surface area (Å²) in [5, 5.41) is 3.24. The first-order valence-electron chi connectivity index (χ1n) is 6.96. The highest BCUT2D eigenvalue weighted by Crippen LogP contribution is 2.19. The van der Waals surface area contributed by atoms with Gasteiger partial charge in [-0.05, 0) is 14.1 Å². The van der Waals surface area contributed by atoms with Crippen molar-refractivity contribution >= 4 is 11.3 Å². The van der Waals surface area contributed by atoms with Crippen LogP contribution in [0.4, 0.5) is 0 Å². The summed E-state index contributed by atoms with van der Waals surface area (Å²) in [7, 11) is 4.29. The maximum absolute atomic E-state index is 4.50. The second kappa shape index (κ2) is 6.03. The molecule has 0 unspecified atom stereocenters. The van der Waals surface area contributed by atoms with E-state index in [1.54, 1.807) is 11.3 Å². The summed E-state index contributed by atoms with van der Waals surface area (Å²) in [6.45, 7) is 5.10. The molecule has 2 aromatic heterocycles. The fraction of sp³-hybridized carbons (Fsp3) is 0.571. The smallest absolute Gasteiger partial charge is 0.122 e. The lowest BCUT2D eigenvalue weighted by molar-refractivity contribution is 0.194. The fourth-order valence-electron chi connectivity index (χ4n) is 2.90. The van der Waals surface area contributed by atoms with Gasteiger partial charge >= 0.3 is 0 Å². The SMILES string of the molecule is CN(C)C[C@@H]1CN(Cc2nccs2)Cc2nccn2C1. The fourth-order valence-corrected chi connectivity index (χ4v) is 3.56. The Balaban J connectivity index is 1.76. The lowest BCUT2D eigenvalue weighted by Crippen LogP contribution is -2.33. The molecule has 3 rings (SSSR count). The van der Waals surface area contributed by atoms with E-state index in [0.717, 1.165) is 32.7 Å². The lowest BCUT2D eigenvalue weighted by atomic mass is 10.1. The van der Waals surface area contributed by atoms with E-state index in [0.29, 0.717) is 5.92 Å². The first kappa shape index (κ1) is 13.7. The van der Waals surface area contributed by atoms with Gasteiger partial charge in [-0.15, -0.1) is 11.3 Å². The molecule has 3 heterocycles. The lowest BCUT2D eigenvalue weighted by Gasteiger charge is -2.25. The van der Waals surface area contributed by atoms with Gasteiger partial charge in [0, 0.05) is 49.5 Å². The zero-order valence-corrected chi connectivity index (χ0v) is 12.9. The van der Waals surface area contributed by atoms with Crippen molar-refractivity contribution in [3.63, 3.8) is 0 Å². The summed E-state index contributed by atoms with van der Waals surface area (Å²) in [5.41, 5.74) is 0. The zero-order valence-electron chi connectivity index (χ0n) is 12.1. The van der Waals surface area contributed by atoms with Gasteiger partial charge < -0.3 is 9.47 Å². The Morgan fingerprint density at radius 3 is 2.95 bits per heavy atom. The van der Waals surface area contributed by atoms with Crippen LogP contribution in [0.15, 0.2) is 24.0 Å². The van der Waals surface area contributed by atoms with Gasteiger partial charge in [-0.25, -0.2) is 9.97 Å². The van der Waals surface area contributed by atoms with E-state index in [4.69, 9.17) is 0 Å². The van der Waals surface area contributed by atoms with Crippen molar-refractivity contribution in [1.82, 2.24) is 24.3 Å². The highest BCUT2D eigenvalue weighted by molar-refractivity contribution is 7.09. The predicted molar refractivity (Wildman–Crippen MR) is 80.5 cm³/mol. The molecule has 5 nitrogen and oxygen atoms in total. The Bertz CT molecular complexity index is 534. The van der Waals surface area contributed by atoms with Gasteiger partial charge in [-0.2, -0.15) is 0 Å². The van der Waals surface area contributed by atoms with Crippen molar-refractivity contribution in [1.29, 1.82) is 0 Å². The van der Waals surface area contributed by atoms with Crippen LogP contribution in [0.2, 0.25) is 0 Å². The molecule has 0 aromatic carbocycles. The Morgan fingerprint density at radius 1 is 1.30 bits per heavy atom. The van der Waals surface area contributed by atoms with Crippen LogP contribution in [-0.4, -0.2) is 51.5 Å². The quantitative estimate of drug-likeness (QED) is 0.856. The molecule has 0 aliphatic carbocycles. The first-order chi connectivity index (χ1) is 9.70. The Morgan fingerprint density at radius 2 is 2.20 bits per heavy atom. The molecule has 0 amide bonds. The number of hydrogen-bond donors (Lipinski definition) is 0. The molecule has 1 aliphatic rings. The van der Waals surface area contributed by atoms with Crippen LogP contribution in [0.3, 0.4) is 0 Å². The molecule has 0 N–H and O–H groups in total. The van der Waals surface area contributed by atoms with Crippen LogP contribution in [0.5, 0.6) is 0 Å². The van der Waals surface area contributed by atoms with Crippen molar-refractivity contribution in [2.45, 2.75) is 19.6 Å². The Hall–Kier alpha value is -1.24. The summed E-state index contributed by atoms with van der Waals surface area (Å²) >= 11 is 1.73. The van der Waals surface area contributed by atoms with Gasteiger partial charge in [-0.3, -0.25) is 4.90 Å². The molecule has 0 spiro atoms. The zero-order chi connectivity index (χ0) is 13.9. The number of nitrogens with zero attached hydrogens (tertiary/aromatic N) is 5. The number of imidazole rings is 1. The molecule has 0 fully saturated rings. The van der Waals surface area contributed by atoms with E-state index in [1.165, 1.54) is 10.8 Å². The number of aromatic nitrogens is 3. The van der Waals surface area contributed by atoms with Crippen LogP contribution in [0.1, 0.15) is 10.8 Å². The van der Waals surface area contributed by atoms with Gasteiger partial charge in [-0.1, -0.05) is 0 Å². The maximum atomic E-state index is 4.50. The summed E-state index contributed by atoms with van der Waals surface area (Å²) in [4.78, 5) is 13.7. The number of fused-ring (bicyclic) bond motifs is 1.